The van der Waals surface area contributed by atoms with Crippen molar-refractivity contribution >= 4 is 5.91 Å². The molecule has 1 rings (SSSR count). The van der Waals surface area contributed by atoms with Crippen molar-refractivity contribution in [1.82, 2.24) is 20.3 Å². The molecule has 0 aliphatic carbocycles. The molecule has 14 heavy (non-hydrogen) atoms. The van der Waals surface area contributed by atoms with Crippen molar-refractivity contribution in [2.75, 3.05) is 6.54 Å². The van der Waals surface area contributed by atoms with Crippen molar-refractivity contribution in [2.24, 2.45) is 5.73 Å². The third-order valence-electron chi connectivity index (χ3n) is 1.67. The van der Waals surface area contributed by atoms with Gasteiger partial charge in [-0.3, -0.25) is 4.79 Å². The van der Waals surface area contributed by atoms with Crippen molar-refractivity contribution in [3.05, 3.63) is 11.9 Å². The summed E-state index contributed by atoms with van der Waals surface area (Å²) in [6, 6.07) is 0. The van der Waals surface area contributed by atoms with E-state index in [-0.39, 0.29) is 12.5 Å². The van der Waals surface area contributed by atoms with E-state index in [0.29, 0.717) is 18.8 Å². The van der Waals surface area contributed by atoms with Gasteiger partial charge in [-0.25, -0.2) is 4.68 Å². The molecule has 1 aromatic heterocycles. The van der Waals surface area contributed by atoms with Crippen LogP contribution in [0, 0.1) is 0 Å². The lowest BCUT2D eigenvalue weighted by atomic mass is 10.4. The summed E-state index contributed by atoms with van der Waals surface area (Å²) in [6.45, 7) is 3.24. The highest BCUT2D eigenvalue weighted by atomic mass is 16.2. The molecule has 3 N–H and O–H groups in total. The molecule has 1 aromatic rings. The van der Waals surface area contributed by atoms with Crippen molar-refractivity contribution < 1.29 is 4.79 Å². The first-order valence-corrected chi connectivity index (χ1v) is 4.62. The van der Waals surface area contributed by atoms with Crippen LogP contribution in [0.1, 0.15) is 19.0 Å². The third kappa shape index (κ3) is 3.14. The zero-order chi connectivity index (χ0) is 10.4. The summed E-state index contributed by atoms with van der Waals surface area (Å²) < 4.78 is 1.48. The zero-order valence-corrected chi connectivity index (χ0v) is 8.23. The van der Waals surface area contributed by atoms with Crippen LogP contribution in [0.4, 0.5) is 0 Å². The molecule has 0 aliphatic rings. The van der Waals surface area contributed by atoms with Gasteiger partial charge in [-0.15, -0.1) is 5.10 Å². The van der Waals surface area contributed by atoms with Crippen LogP contribution < -0.4 is 11.1 Å². The Morgan fingerprint density at radius 2 is 2.50 bits per heavy atom. The standard InChI is InChI=1S/C8H15N5O/c1-2-3-10-8(14)6-13-5-7(4-9)11-12-13/h5H,2-4,6,9H2,1H3,(H,10,14). The van der Waals surface area contributed by atoms with Crippen molar-refractivity contribution in [1.29, 1.82) is 0 Å². The molecule has 6 heteroatoms. The summed E-state index contributed by atoms with van der Waals surface area (Å²) in [6.07, 6.45) is 2.60. The normalized spacial score (nSPS) is 10.1. The molecule has 0 spiro atoms. The van der Waals surface area contributed by atoms with Gasteiger partial charge in [0, 0.05) is 13.1 Å². The Morgan fingerprint density at radius 1 is 1.71 bits per heavy atom. The highest BCUT2D eigenvalue weighted by Gasteiger charge is 2.03. The predicted octanol–water partition coefficient (Wildman–Crippen LogP) is -0.737. The molecule has 1 amide bonds. The van der Waals surface area contributed by atoms with Gasteiger partial charge in [-0.2, -0.15) is 0 Å². The maximum atomic E-state index is 11.2. The first kappa shape index (κ1) is 10.6. The minimum absolute atomic E-state index is 0.0553. The molecule has 0 radical (unpaired) electrons. The van der Waals surface area contributed by atoms with E-state index in [2.05, 4.69) is 15.6 Å². The van der Waals surface area contributed by atoms with Gasteiger partial charge in [0.2, 0.25) is 5.91 Å². The molecule has 0 aliphatic heterocycles. The SMILES string of the molecule is CCCNC(=O)Cn1cc(CN)nn1. The van der Waals surface area contributed by atoms with E-state index in [4.69, 9.17) is 5.73 Å². The molecule has 0 aromatic carbocycles. The fraction of sp³-hybridized carbons (Fsp3) is 0.625. The summed E-state index contributed by atoms with van der Waals surface area (Å²) in [5.41, 5.74) is 6.05. The van der Waals surface area contributed by atoms with Crippen molar-refractivity contribution in [3.8, 4) is 0 Å². The first-order chi connectivity index (χ1) is 6.76. The number of nitrogens with zero attached hydrogens (tertiary/aromatic N) is 3. The molecule has 1 heterocycles. The number of amides is 1. The molecule has 6 nitrogen and oxygen atoms in total. The highest BCUT2D eigenvalue weighted by molar-refractivity contribution is 5.75. The molecule has 0 saturated heterocycles. The van der Waals surface area contributed by atoms with Gasteiger partial charge in [0.15, 0.2) is 0 Å². The molecular weight excluding hydrogens is 182 g/mol. The molecule has 0 bridgehead atoms. The summed E-state index contributed by atoms with van der Waals surface area (Å²) in [7, 11) is 0. The average Bonchev–Trinajstić information content (AvgIpc) is 2.62. The zero-order valence-electron chi connectivity index (χ0n) is 8.23. The van der Waals surface area contributed by atoms with Crippen LogP contribution >= 0.6 is 0 Å². The number of rotatable bonds is 5. The van der Waals surface area contributed by atoms with E-state index in [9.17, 15) is 4.79 Å². The summed E-state index contributed by atoms with van der Waals surface area (Å²) in [5.74, 6) is -0.0553. The van der Waals surface area contributed by atoms with E-state index in [1.165, 1.54) is 4.68 Å². The summed E-state index contributed by atoms with van der Waals surface area (Å²) in [5, 5.41) is 10.3. The molecule has 0 atom stereocenters. The van der Waals surface area contributed by atoms with Gasteiger partial charge in [-0.05, 0) is 6.42 Å². The van der Waals surface area contributed by atoms with Crippen LogP contribution in [-0.4, -0.2) is 27.4 Å². The van der Waals surface area contributed by atoms with Crippen LogP contribution in [0.2, 0.25) is 0 Å². The van der Waals surface area contributed by atoms with E-state index < -0.39 is 0 Å². The summed E-state index contributed by atoms with van der Waals surface area (Å²) >= 11 is 0. The number of carbonyl (C=O) groups is 1. The lowest BCUT2D eigenvalue weighted by Gasteiger charge is -2.01. The van der Waals surface area contributed by atoms with Crippen LogP contribution in [0.25, 0.3) is 0 Å². The lowest BCUT2D eigenvalue weighted by Crippen LogP contribution is -2.28. The maximum absolute atomic E-state index is 11.2. The van der Waals surface area contributed by atoms with Crippen LogP contribution in [0.5, 0.6) is 0 Å². The molecule has 78 valence electrons. The first-order valence-electron chi connectivity index (χ1n) is 4.62. The molecule has 0 fully saturated rings. The van der Waals surface area contributed by atoms with Crippen molar-refractivity contribution in [2.45, 2.75) is 26.4 Å². The second kappa shape index (κ2) is 5.33. The second-order valence-electron chi connectivity index (χ2n) is 2.96. The number of hydrogen-bond acceptors (Lipinski definition) is 4. The molecule has 0 saturated carbocycles. The minimum atomic E-state index is -0.0553. The molecule has 0 unspecified atom stereocenters. The quantitative estimate of drug-likeness (QED) is 0.651. The molecular formula is C8H15N5O. The largest absolute Gasteiger partial charge is 0.355 e. The Bertz CT molecular complexity index is 296. The van der Waals surface area contributed by atoms with E-state index in [0.717, 1.165) is 6.42 Å². The Kier molecular flexibility index (Phi) is 4.06. The maximum Gasteiger partial charge on any atom is 0.241 e. The van der Waals surface area contributed by atoms with Gasteiger partial charge >= 0.3 is 0 Å². The van der Waals surface area contributed by atoms with Crippen LogP contribution in [0.3, 0.4) is 0 Å². The smallest absolute Gasteiger partial charge is 0.241 e. The topological polar surface area (TPSA) is 85.8 Å². The second-order valence-corrected chi connectivity index (χ2v) is 2.96. The summed E-state index contributed by atoms with van der Waals surface area (Å²) in [4.78, 5) is 11.2. The van der Waals surface area contributed by atoms with E-state index >= 15 is 0 Å². The van der Waals surface area contributed by atoms with Crippen LogP contribution in [0.15, 0.2) is 6.20 Å². The van der Waals surface area contributed by atoms with Crippen LogP contribution in [-0.2, 0) is 17.9 Å². The monoisotopic (exact) mass is 197 g/mol. The highest BCUT2D eigenvalue weighted by Crippen LogP contribution is 1.90. The predicted molar refractivity (Wildman–Crippen MR) is 51.2 cm³/mol. The number of hydrogen-bond donors (Lipinski definition) is 2. The van der Waals surface area contributed by atoms with Gasteiger partial charge in [0.25, 0.3) is 0 Å². The number of nitrogens with two attached hydrogens (primary N) is 1. The number of carbonyl (C=O) groups excluding carboxylic acids is 1. The Morgan fingerprint density at radius 3 is 3.07 bits per heavy atom. The Hall–Kier alpha value is -1.43. The van der Waals surface area contributed by atoms with Gasteiger partial charge < -0.3 is 11.1 Å². The van der Waals surface area contributed by atoms with E-state index in [1.807, 2.05) is 6.92 Å². The number of nitrogens with one attached hydrogen (secondary N) is 1. The Balaban J connectivity index is 2.39. The fourth-order valence-corrected chi connectivity index (χ4v) is 0.977. The van der Waals surface area contributed by atoms with E-state index in [1.54, 1.807) is 6.20 Å². The van der Waals surface area contributed by atoms with Gasteiger partial charge in [0.05, 0.1) is 11.9 Å². The minimum Gasteiger partial charge on any atom is -0.355 e. The van der Waals surface area contributed by atoms with Gasteiger partial charge in [0.1, 0.15) is 6.54 Å². The Labute approximate surface area is 82.5 Å². The average molecular weight is 197 g/mol. The lowest BCUT2D eigenvalue weighted by molar-refractivity contribution is -0.121. The number of aromatic nitrogens is 3. The van der Waals surface area contributed by atoms with Gasteiger partial charge in [-0.1, -0.05) is 12.1 Å². The fourth-order valence-electron chi connectivity index (χ4n) is 0.977. The third-order valence-corrected chi connectivity index (χ3v) is 1.67. The van der Waals surface area contributed by atoms with Crippen molar-refractivity contribution in [3.63, 3.8) is 0 Å².